The van der Waals surface area contributed by atoms with Gasteiger partial charge in [0.2, 0.25) is 0 Å². The largest absolute Gasteiger partial charge is 0.487 e. The maximum absolute atomic E-state index is 12.7. The zero-order valence-corrected chi connectivity index (χ0v) is 20.8. The Morgan fingerprint density at radius 1 is 1.16 bits per heavy atom. The third kappa shape index (κ3) is 11.1. The molecule has 0 spiro atoms. The summed E-state index contributed by atoms with van der Waals surface area (Å²) < 4.78 is 43.5. The van der Waals surface area contributed by atoms with Crippen molar-refractivity contribution in [3.63, 3.8) is 0 Å². The zero-order valence-electron chi connectivity index (χ0n) is 17.9. The van der Waals surface area contributed by atoms with Gasteiger partial charge in [-0.25, -0.2) is 0 Å². The Morgan fingerprint density at radius 2 is 1.81 bits per heavy atom. The topological polar surface area (TPSA) is 41.6 Å². The summed E-state index contributed by atoms with van der Waals surface area (Å²) in [5.74, 6) is -0.0585. The molecule has 170 valence electrons. The van der Waals surface area contributed by atoms with Crippen LogP contribution in [0, 0.1) is 0 Å². The van der Waals surface area contributed by atoms with E-state index in [1.807, 2.05) is 32.8 Å². The third-order valence-corrected chi connectivity index (χ3v) is 3.98. The molecule has 0 saturated heterocycles. The van der Waals surface area contributed by atoms with E-state index >= 15 is 0 Å². The van der Waals surface area contributed by atoms with Crippen LogP contribution >= 0.6 is 34.0 Å². The smallest absolute Gasteiger partial charge is 0.416 e. The molecule has 2 aromatic rings. The molecule has 2 aromatic carbocycles. The number of ether oxygens (including phenoxy) is 1. The van der Waals surface area contributed by atoms with Gasteiger partial charge in [0, 0.05) is 18.7 Å². The number of carbonyl (C=O) groups excluding carboxylic acids is 1. The number of rotatable bonds is 7. The van der Waals surface area contributed by atoms with E-state index in [1.54, 1.807) is 46.6 Å². The number of hydrogen-bond acceptors (Lipinski definition) is 3. The van der Waals surface area contributed by atoms with Gasteiger partial charge >= 0.3 is 6.18 Å². The first kappa shape index (κ1) is 29.5. The molecular formula is C21H26BClF3IN2O2. The Kier molecular flexibility index (Phi) is 14.6. The number of amides is 1. The first-order chi connectivity index (χ1) is 14.7. The van der Waals surface area contributed by atoms with E-state index in [4.69, 9.17) is 16.3 Å². The van der Waals surface area contributed by atoms with Crippen LogP contribution < -0.4 is 10.1 Å². The lowest BCUT2D eigenvalue weighted by Crippen LogP contribution is -2.31. The molecule has 0 heterocycles. The molecule has 2 rings (SSSR count). The van der Waals surface area contributed by atoms with Gasteiger partial charge < -0.3 is 15.0 Å². The van der Waals surface area contributed by atoms with Crippen LogP contribution in [0.5, 0.6) is 5.75 Å². The summed E-state index contributed by atoms with van der Waals surface area (Å²) in [5.41, 5.74) is 4.81. The van der Waals surface area contributed by atoms with E-state index in [9.17, 15) is 18.0 Å². The zero-order chi connectivity index (χ0) is 24.0. The van der Waals surface area contributed by atoms with Gasteiger partial charge in [0.05, 0.1) is 10.6 Å². The Hall–Kier alpha value is -1.46. The molecule has 0 atom stereocenters. The van der Waals surface area contributed by atoms with E-state index in [-0.39, 0.29) is 23.3 Å². The van der Waals surface area contributed by atoms with Crippen LogP contribution in [0.1, 0.15) is 35.3 Å². The van der Waals surface area contributed by atoms with Crippen LogP contribution in [0.25, 0.3) is 0 Å². The third-order valence-electron chi connectivity index (χ3n) is 3.69. The molecule has 0 aliphatic carbocycles. The van der Waals surface area contributed by atoms with Crippen molar-refractivity contribution in [3.05, 3.63) is 64.2 Å². The van der Waals surface area contributed by atoms with Gasteiger partial charge in [-0.1, -0.05) is 37.6 Å². The molecule has 0 saturated carbocycles. The van der Waals surface area contributed by atoms with E-state index in [0.717, 1.165) is 18.7 Å². The van der Waals surface area contributed by atoms with Crippen molar-refractivity contribution in [3.8, 4) is 5.75 Å². The number of likely N-dealkylation sites (N-methyl/N-ethyl adjacent to an activating group) is 1. The fourth-order valence-corrected chi connectivity index (χ4v) is 2.49. The van der Waals surface area contributed by atoms with Crippen LogP contribution in [-0.2, 0) is 12.8 Å². The Labute approximate surface area is 201 Å². The minimum Gasteiger partial charge on any atom is -0.487 e. The van der Waals surface area contributed by atoms with Crippen LogP contribution in [-0.4, -0.2) is 43.7 Å². The van der Waals surface area contributed by atoms with Gasteiger partial charge in [-0.3, -0.25) is 4.79 Å². The molecule has 0 bridgehead atoms. The second kappa shape index (κ2) is 15.4. The van der Waals surface area contributed by atoms with Crippen LogP contribution in [0.15, 0.2) is 42.5 Å². The second-order valence-corrected chi connectivity index (χ2v) is 6.60. The van der Waals surface area contributed by atoms with Crippen molar-refractivity contribution in [1.82, 2.24) is 10.2 Å². The predicted octanol–water partition coefficient (Wildman–Crippen LogP) is 5.76. The van der Waals surface area contributed by atoms with E-state index in [0.29, 0.717) is 17.7 Å². The Balaban J connectivity index is 0.00000212. The maximum atomic E-state index is 12.7. The summed E-state index contributed by atoms with van der Waals surface area (Å²) in [6.45, 7) is 5.32. The SMILES string of the molecule is CC.CN(C)CCNC(=O)c1cccc(COc2ccc(C(F)(F)F)cc2Cl)c1.[B]I. The summed E-state index contributed by atoms with van der Waals surface area (Å²) >= 11 is 7.52. The van der Waals surface area contributed by atoms with E-state index in [1.165, 1.54) is 6.07 Å². The number of carbonyl (C=O) groups is 1. The molecule has 4 nitrogen and oxygen atoms in total. The number of alkyl halides is 3. The van der Waals surface area contributed by atoms with Gasteiger partial charge in [0.1, 0.15) is 12.4 Å². The molecule has 1 N–H and O–H groups in total. The quantitative estimate of drug-likeness (QED) is 0.341. The standard InChI is InChI=1S/C19H20ClF3N2O2.C2H6.BI/c1-25(2)9-8-24-18(26)14-5-3-4-13(10-14)12-27-17-7-6-15(11-16(17)20)19(21,22)23;2*1-2/h3-7,10-11H,8-9,12H2,1-2H3,(H,24,26);1-2H3;. The van der Waals surface area contributed by atoms with Gasteiger partial charge in [-0.2, -0.15) is 35.5 Å². The van der Waals surface area contributed by atoms with E-state index < -0.39 is 11.7 Å². The number of hydrogen-bond donors (Lipinski definition) is 1. The molecule has 0 fully saturated rings. The Morgan fingerprint density at radius 3 is 2.35 bits per heavy atom. The number of nitrogens with zero attached hydrogens (tertiary/aromatic N) is 1. The molecule has 1 amide bonds. The molecule has 0 aliphatic heterocycles. The van der Waals surface area contributed by atoms with Crippen molar-refractivity contribution in [2.45, 2.75) is 26.6 Å². The van der Waals surface area contributed by atoms with Gasteiger partial charge in [0.15, 0.2) is 5.70 Å². The molecule has 0 aliphatic rings. The monoisotopic (exact) mass is 568 g/mol. The first-order valence-electron chi connectivity index (χ1n) is 9.40. The molecular weight excluding hydrogens is 542 g/mol. The van der Waals surface area contributed by atoms with Crippen molar-refractivity contribution in [2.24, 2.45) is 0 Å². The fourth-order valence-electron chi connectivity index (χ4n) is 2.25. The lowest BCUT2D eigenvalue weighted by atomic mass is 10.1. The first-order valence-corrected chi connectivity index (χ1v) is 11.0. The molecule has 0 aromatic heterocycles. The maximum Gasteiger partial charge on any atom is 0.416 e. The molecule has 2 radical (unpaired) electrons. The number of halogens is 5. The fraction of sp³-hybridized carbons (Fsp3) is 0.381. The summed E-state index contributed by atoms with van der Waals surface area (Å²) in [4.78, 5) is 14.1. The number of nitrogens with one attached hydrogen (secondary N) is 1. The van der Waals surface area contributed by atoms with Crippen LogP contribution in [0.2, 0.25) is 5.02 Å². The van der Waals surface area contributed by atoms with Gasteiger partial charge in [0.25, 0.3) is 5.91 Å². The van der Waals surface area contributed by atoms with Crippen molar-refractivity contribution >= 4 is 45.6 Å². The molecule has 0 unspecified atom stereocenters. The average molecular weight is 569 g/mol. The normalized spacial score (nSPS) is 10.4. The van der Waals surface area contributed by atoms with Crippen molar-refractivity contribution < 1.29 is 22.7 Å². The highest BCUT2D eigenvalue weighted by Crippen LogP contribution is 2.34. The average Bonchev–Trinajstić information content (AvgIpc) is 2.75. The molecule has 10 heteroatoms. The second-order valence-electron chi connectivity index (χ2n) is 6.19. The minimum absolute atomic E-state index is 0.0733. The molecule has 31 heavy (non-hydrogen) atoms. The summed E-state index contributed by atoms with van der Waals surface area (Å²) in [6, 6.07) is 9.75. The van der Waals surface area contributed by atoms with Gasteiger partial charge in [-0.15, -0.1) is 0 Å². The Bertz CT molecular complexity index is 808. The minimum atomic E-state index is -4.46. The number of benzene rings is 2. The lowest BCUT2D eigenvalue weighted by Gasteiger charge is -2.12. The summed E-state index contributed by atoms with van der Waals surface area (Å²) in [5, 5.41) is 2.69. The summed E-state index contributed by atoms with van der Waals surface area (Å²) in [7, 11) is 3.83. The van der Waals surface area contributed by atoms with Crippen molar-refractivity contribution in [1.29, 1.82) is 0 Å². The predicted molar refractivity (Wildman–Crippen MR) is 129 cm³/mol. The van der Waals surface area contributed by atoms with Crippen molar-refractivity contribution in [2.75, 3.05) is 27.2 Å². The van der Waals surface area contributed by atoms with Crippen LogP contribution in [0.3, 0.4) is 0 Å². The lowest BCUT2D eigenvalue weighted by molar-refractivity contribution is -0.137. The highest BCUT2D eigenvalue weighted by molar-refractivity contribution is 14.1. The van der Waals surface area contributed by atoms with E-state index in [2.05, 4.69) is 11.0 Å². The van der Waals surface area contributed by atoms with Crippen LogP contribution in [0.4, 0.5) is 13.2 Å². The summed E-state index contributed by atoms with van der Waals surface area (Å²) in [6.07, 6.45) is -4.46. The highest BCUT2D eigenvalue weighted by Gasteiger charge is 2.31. The van der Waals surface area contributed by atoms with Gasteiger partial charge in [-0.05, 0) is 50.0 Å². The highest BCUT2D eigenvalue weighted by atomic mass is 127.